The lowest BCUT2D eigenvalue weighted by Gasteiger charge is -2.65. The molecule has 0 aromatic heterocycles. The Bertz CT molecular complexity index is 421. The van der Waals surface area contributed by atoms with Crippen molar-refractivity contribution < 1.29 is 10.2 Å². The summed E-state index contributed by atoms with van der Waals surface area (Å²) in [6.45, 7) is 4.51. The lowest BCUT2D eigenvalue weighted by atomic mass is 9.51. The molecule has 2 bridgehead atoms. The molecule has 4 rings (SSSR count). The normalized spacial score (nSPS) is 53.4. The molecule has 6 atom stereocenters. The second kappa shape index (κ2) is 4.06. The van der Waals surface area contributed by atoms with Crippen molar-refractivity contribution in [2.24, 2.45) is 17.8 Å². The average Bonchev–Trinajstić information content (AvgIpc) is 2.40. The van der Waals surface area contributed by atoms with Crippen LogP contribution in [0.1, 0.15) is 39.0 Å². The Morgan fingerprint density at radius 1 is 1.32 bits per heavy atom. The van der Waals surface area contributed by atoms with Crippen LogP contribution in [0.2, 0.25) is 0 Å². The molecule has 3 fully saturated rings. The number of hydrogen-bond acceptors (Lipinski definition) is 3. The molecular formula is C16H25NO2. The number of hydrogen-bond donors (Lipinski definition) is 2. The van der Waals surface area contributed by atoms with Gasteiger partial charge >= 0.3 is 0 Å². The highest BCUT2D eigenvalue weighted by molar-refractivity contribution is 5.36. The number of piperidine rings is 1. The third-order valence-corrected chi connectivity index (χ3v) is 6.37. The SMILES string of the molecule is C[C@@H]1C[C@]23C4=CCCN2CCC[C@H]3[C@@H](O)C[C@@H]4[C@H]1O. The minimum atomic E-state index is -0.255. The molecule has 1 spiro atoms. The van der Waals surface area contributed by atoms with E-state index in [9.17, 15) is 10.2 Å². The fourth-order valence-corrected chi connectivity index (χ4v) is 5.70. The lowest BCUT2D eigenvalue weighted by molar-refractivity contribution is -0.138. The summed E-state index contributed by atoms with van der Waals surface area (Å²) in [6.07, 6.45) is 7.25. The maximum atomic E-state index is 10.6. The van der Waals surface area contributed by atoms with Crippen LogP contribution < -0.4 is 0 Å². The standard InChI is InChI=1S/C16H25NO2/c1-10-9-16-12-4-2-6-17(16)7-3-5-13(16)14(18)8-11(12)15(10)19/h4,10-11,13-15,18-19H,2-3,5-9H2,1H3/t10-,11+,13+,14+,15+,16-/m1/s1. The van der Waals surface area contributed by atoms with Crippen LogP contribution in [0.15, 0.2) is 11.6 Å². The summed E-state index contributed by atoms with van der Waals surface area (Å²) < 4.78 is 0. The molecule has 2 heterocycles. The third kappa shape index (κ3) is 1.44. The van der Waals surface area contributed by atoms with E-state index in [0.29, 0.717) is 11.8 Å². The second-order valence-electron chi connectivity index (χ2n) is 7.19. The first kappa shape index (κ1) is 12.4. The predicted molar refractivity (Wildman–Crippen MR) is 73.6 cm³/mol. The van der Waals surface area contributed by atoms with E-state index < -0.39 is 0 Å². The van der Waals surface area contributed by atoms with Crippen LogP contribution in [0.25, 0.3) is 0 Å². The highest BCUT2D eigenvalue weighted by Crippen LogP contribution is 2.58. The van der Waals surface area contributed by atoms with Gasteiger partial charge in [-0.1, -0.05) is 13.0 Å². The summed E-state index contributed by atoms with van der Waals surface area (Å²) in [6, 6.07) is 0. The summed E-state index contributed by atoms with van der Waals surface area (Å²) in [5, 5.41) is 21.1. The minimum Gasteiger partial charge on any atom is -0.393 e. The minimum absolute atomic E-state index is 0.0947. The van der Waals surface area contributed by atoms with E-state index in [1.165, 1.54) is 18.5 Å². The van der Waals surface area contributed by atoms with Crippen molar-refractivity contribution >= 4 is 0 Å². The zero-order valence-electron chi connectivity index (χ0n) is 11.8. The molecule has 0 unspecified atom stereocenters. The molecule has 2 saturated carbocycles. The largest absolute Gasteiger partial charge is 0.393 e. The number of aliphatic hydroxyl groups excluding tert-OH is 2. The fraction of sp³-hybridized carbons (Fsp3) is 0.875. The van der Waals surface area contributed by atoms with Gasteiger partial charge in [-0.15, -0.1) is 0 Å². The molecule has 19 heavy (non-hydrogen) atoms. The molecule has 3 heteroatoms. The van der Waals surface area contributed by atoms with E-state index in [0.717, 1.165) is 32.2 Å². The van der Waals surface area contributed by atoms with Crippen molar-refractivity contribution in [3.8, 4) is 0 Å². The van der Waals surface area contributed by atoms with Gasteiger partial charge in [0.1, 0.15) is 0 Å². The van der Waals surface area contributed by atoms with E-state index in [-0.39, 0.29) is 23.7 Å². The van der Waals surface area contributed by atoms with Gasteiger partial charge in [-0.05, 0) is 50.1 Å². The van der Waals surface area contributed by atoms with Gasteiger partial charge in [0.2, 0.25) is 0 Å². The van der Waals surface area contributed by atoms with E-state index >= 15 is 0 Å². The first-order valence-corrected chi connectivity index (χ1v) is 7.96. The van der Waals surface area contributed by atoms with Crippen molar-refractivity contribution in [3.63, 3.8) is 0 Å². The second-order valence-corrected chi connectivity index (χ2v) is 7.19. The molecule has 4 aliphatic rings. The van der Waals surface area contributed by atoms with Crippen LogP contribution in [-0.4, -0.2) is 45.9 Å². The molecule has 1 saturated heterocycles. The molecule has 0 radical (unpaired) electrons. The van der Waals surface area contributed by atoms with Crippen molar-refractivity contribution in [3.05, 3.63) is 11.6 Å². The Labute approximate surface area is 115 Å². The molecule has 0 aromatic rings. The van der Waals surface area contributed by atoms with Crippen molar-refractivity contribution in [2.75, 3.05) is 13.1 Å². The predicted octanol–water partition coefficient (Wildman–Crippen LogP) is 1.55. The Balaban J connectivity index is 1.87. The molecule has 106 valence electrons. The van der Waals surface area contributed by atoms with Gasteiger partial charge in [-0.25, -0.2) is 0 Å². The maximum Gasteiger partial charge on any atom is 0.0633 e. The first-order chi connectivity index (χ1) is 9.14. The zero-order valence-corrected chi connectivity index (χ0v) is 11.8. The van der Waals surface area contributed by atoms with Crippen molar-refractivity contribution in [1.29, 1.82) is 0 Å². The Hall–Kier alpha value is -0.380. The van der Waals surface area contributed by atoms with Crippen molar-refractivity contribution in [2.45, 2.75) is 56.8 Å². The van der Waals surface area contributed by atoms with Gasteiger partial charge in [0.25, 0.3) is 0 Å². The summed E-state index contributed by atoms with van der Waals surface area (Å²) >= 11 is 0. The Morgan fingerprint density at radius 2 is 2.16 bits per heavy atom. The highest BCUT2D eigenvalue weighted by atomic mass is 16.3. The third-order valence-electron chi connectivity index (χ3n) is 6.37. The van der Waals surface area contributed by atoms with E-state index in [1.807, 2.05) is 0 Å². The van der Waals surface area contributed by atoms with Crippen LogP contribution in [0.3, 0.4) is 0 Å². The quantitative estimate of drug-likeness (QED) is 0.652. The number of aliphatic hydroxyl groups is 2. The van der Waals surface area contributed by atoms with Crippen LogP contribution in [0.4, 0.5) is 0 Å². The maximum absolute atomic E-state index is 10.6. The monoisotopic (exact) mass is 263 g/mol. The highest BCUT2D eigenvalue weighted by Gasteiger charge is 2.61. The smallest absolute Gasteiger partial charge is 0.0633 e. The Morgan fingerprint density at radius 3 is 3.00 bits per heavy atom. The number of nitrogens with zero attached hydrogens (tertiary/aromatic N) is 1. The molecule has 3 nitrogen and oxygen atoms in total. The van der Waals surface area contributed by atoms with E-state index in [2.05, 4.69) is 17.9 Å². The summed E-state index contributed by atoms with van der Waals surface area (Å²) in [5.74, 6) is 0.964. The van der Waals surface area contributed by atoms with E-state index in [4.69, 9.17) is 0 Å². The molecule has 2 aliphatic heterocycles. The van der Waals surface area contributed by atoms with Crippen molar-refractivity contribution in [1.82, 2.24) is 4.90 Å². The van der Waals surface area contributed by atoms with Gasteiger partial charge in [-0.2, -0.15) is 0 Å². The van der Waals surface area contributed by atoms with E-state index in [1.54, 1.807) is 0 Å². The first-order valence-electron chi connectivity index (χ1n) is 7.96. The number of rotatable bonds is 0. The molecule has 0 aromatic carbocycles. The lowest BCUT2D eigenvalue weighted by Crippen LogP contribution is -2.70. The molecule has 0 amide bonds. The zero-order chi connectivity index (χ0) is 13.2. The van der Waals surface area contributed by atoms with Gasteiger partial charge in [0.05, 0.1) is 12.2 Å². The topological polar surface area (TPSA) is 43.7 Å². The van der Waals surface area contributed by atoms with Gasteiger partial charge < -0.3 is 10.2 Å². The molecule has 2 aliphatic carbocycles. The fourth-order valence-electron chi connectivity index (χ4n) is 5.70. The molecule has 2 N–H and O–H groups in total. The summed E-state index contributed by atoms with van der Waals surface area (Å²) in [5.41, 5.74) is 1.58. The Kier molecular flexibility index (Phi) is 2.64. The van der Waals surface area contributed by atoms with Crippen LogP contribution in [0, 0.1) is 17.8 Å². The molecular weight excluding hydrogens is 238 g/mol. The van der Waals surface area contributed by atoms with Gasteiger partial charge in [0, 0.05) is 23.9 Å². The van der Waals surface area contributed by atoms with Crippen LogP contribution in [-0.2, 0) is 0 Å². The van der Waals surface area contributed by atoms with Gasteiger partial charge in [-0.3, -0.25) is 4.90 Å². The average molecular weight is 263 g/mol. The van der Waals surface area contributed by atoms with Crippen LogP contribution in [0.5, 0.6) is 0 Å². The summed E-state index contributed by atoms with van der Waals surface area (Å²) in [4.78, 5) is 2.65. The van der Waals surface area contributed by atoms with Gasteiger partial charge in [0.15, 0.2) is 0 Å². The summed E-state index contributed by atoms with van der Waals surface area (Å²) in [7, 11) is 0. The van der Waals surface area contributed by atoms with Crippen LogP contribution >= 0.6 is 0 Å².